The molecule has 4 rings (SSSR count). The minimum absolute atomic E-state index is 0.0390. The van der Waals surface area contributed by atoms with Gasteiger partial charge in [0.15, 0.2) is 11.5 Å². The fourth-order valence-corrected chi connectivity index (χ4v) is 4.99. The van der Waals surface area contributed by atoms with E-state index in [0.717, 1.165) is 30.6 Å². The number of hydrogen-bond donors (Lipinski definition) is 1. The number of ketones is 1. The monoisotopic (exact) mass is 523 g/mol. The number of nitrogens with zero attached hydrogens (tertiary/aromatic N) is 1. The number of hydrogen-bond acceptors (Lipinski definition) is 7. The minimum Gasteiger partial charge on any atom is -0.507 e. The van der Waals surface area contributed by atoms with Crippen molar-refractivity contribution in [2.75, 3.05) is 33.5 Å². The fourth-order valence-electron chi connectivity index (χ4n) is 4.99. The molecule has 0 aliphatic carbocycles. The zero-order valence-electron chi connectivity index (χ0n) is 22.6. The average Bonchev–Trinajstić information content (AvgIpc) is 3.41. The second-order valence-corrected chi connectivity index (χ2v) is 9.64. The Kier molecular flexibility index (Phi) is 8.94. The summed E-state index contributed by atoms with van der Waals surface area (Å²) in [6.07, 6.45) is 3.85. The largest absolute Gasteiger partial charge is 0.507 e. The molecular formula is C30H37NO7. The van der Waals surface area contributed by atoms with E-state index in [9.17, 15) is 14.7 Å². The Morgan fingerprint density at radius 3 is 2.61 bits per heavy atom. The van der Waals surface area contributed by atoms with Gasteiger partial charge in [-0.2, -0.15) is 0 Å². The van der Waals surface area contributed by atoms with E-state index in [1.807, 2.05) is 26.0 Å². The molecule has 1 saturated heterocycles. The van der Waals surface area contributed by atoms with Crippen LogP contribution in [0.25, 0.3) is 5.76 Å². The number of likely N-dealkylation sites (tertiary alicyclic amines) is 1. The highest BCUT2D eigenvalue weighted by molar-refractivity contribution is 6.46. The maximum absolute atomic E-state index is 13.3. The lowest BCUT2D eigenvalue weighted by molar-refractivity contribution is -0.140. The Labute approximate surface area is 224 Å². The molecule has 2 heterocycles. The molecule has 2 aromatic rings. The van der Waals surface area contributed by atoms with E-state index in [0.29, 0.717) is 42.3 Å². The number of aliphatic hydroxyl groups excluding tert-OH is 1. The topological polar surface area (TPSA) is 94.5 Å². The molecule has 0 unspecified atom stereocenters. The van der Waals surface area contributed by atoms with Gasteiger partial charge in [0.25, 0.3) is 11.7 Å². The van der Waals surface area contributed by atoms with Crippen LogP contribution in [0.15, 0.2) is 42.0 Å². The van der Waals surface area contributed by atoms with E-state index >= 15 is 0 Å². The van der Waals surface area contributed by atoms with Crippen LogP contribution in [-0.2, 0) is 20.7 Å². The van der Waals surface area contributed by atoms with Crippen molar-refractivity contribution in [3.8, 4) is 17.2 Å². The van der Waals surface area contributed by atoms with Gasteiger partial charge in [-0.3, -0.25) is 9.59 Å². The molecule has 204 valence electrons. The van der Waals surface area contributed by atoms with Crippen LogP contribution in [0, 0.1) is 0 Å². The zero-order valence-corrected chi connectivity index (χ0v) is 22.6. The van der Waals surface area contributed by atoms with Gasteiger partial charge in [0.1, 0.15) is 17.6 Å². The highest BCUT2D eigenvalue weighted by Crippen LogP contribution is 2.42. The van der Waals surface area contributed by atoms with E-state index in [1.54, 1.807) is 24.3 Å². The number of benzene rings is 2. The zero-order chi connectivity index (χ0) is 27.2. The molecule has 1 fully saturated rings. The second kappa shape index (κ2) is 12.3. The van der Waals surface area contributed by atoms with Crippen molar-refractivity contribution < 1.29 is 33.6 Å². The van der Waals surface area contributed by atoms with Crippen LogP contribution in [0.5, 0.6) is 17.2 Å². The first-order valence-corrected chi connectivity index (χ1v) is 13.4. The summed E-state index contributed by atoms with van der Waals surface area (Å²) < 4.78 is 22.8. The minimum atomic E-state index is -0.804. The number of unbranched alkanes of at least 4 members (excludes halogenated alkanes) is 2. The van der Waals surface area contributed by atoms with Crippen LogP contribution in [0.3, 0.4) is 0 Å². The van der Waals surface area contributed by atoms with Gasteiger partial charge >= 0.3 is 0 Å². The molecule has 1 N–H and O–H groups in total. The Bertz CT molecular complexity index is 1210. The van der Waals surface area contributed by atoms with Crippen LogP contribution in [0.2, 0.25) is 0 Å². The lowest BCUT2D eigenvalue weighted by Crippen LogP contribution is -2.32. The molecule has 2 aliphatic heterocycles. The first-order valence-electron chi connectivity index (χ1n) is 13.4. The van der Waals surface area contributed by atoms with Crippen LogP contribution >= 0.6 is 0 Å². The summed E-state index contributed by atoms with van der Waals surface area (Å²) in [5.74, 6) is 0.280. The maximum atomic E-state index is 13.3. The van der Waals surface area contributed by atoms with Crippen molar-refractivity contribution in [3.63, 3.8) is 0 Å². The SMILES string of the molecule is CCCCCOc1ccc([C@H]2C(=C(O)c3ccc4c(c3)C[C@H](C)O4)C(=O)C(=O)N2CCOC)cc1OCC. The van der Waals surface area contributed by atoms with Crippen LogP contribution < -0.4 is 14.2 Å². The van der Waals surface area contributed by atoms with E-state index in [-0.39, 0.29) is 30.6 Å². The number of carbonyl (C=O) groups excluding carboxylic acids is 2. The lowest BCUT2D eigenvalue weighted by Gasteiger charge is -2.26. The van der Waals surface area contributed by atoms with Crippen molar-refractivity contribution >= 4 is 17.4 Å². The molecule has 0 bridgehead atoms. The average molecular weight is 524 g/mol. The molecule has 38 heavy (non-hydrogen) atoms. The molecule has 8 nitrogen and oxygen atoms in total. The van der Waals surface area contributed by atoms with Gasteiger partial charge in [-0.15, -0.1) is 0 Å². The molecule has 1 amide bonds. The van der Waals surface area contributed by atoms with Crippen molar-refractivity contribution in [1.82, 2.24) is 4.90 Å². The number of aliphatic hydroxyl groups is 1. The number of methoxy groups -OCH3 is 1. The summed E-state index contributed by atoms with van der Waals surface area (Å²) in [5, 5.41) is 11.4. The summed E-state index contributed by atoms with van der Waals surface area (Å²) in [6, 6.07) is 9.94. The van der Waals surface area contributed by atoms with Crippen molar-refractivity contribution in [3.05, 3.63) is 58.7 Å². The van der Waals surface area contributed by atoms with E-state index < -0.39 is 17.7 Å². The number of fused-ring (bicyclic) bond motifs is 1. The standard InChI is InChI=1S/C30H37NO7/c1-5-7-8-14-37-24-12-9-20(18-25(24)36-6-2)27-26(29(33)30(34)31(27)13-15-35-4)28(32)21-10-11-23-22(17-21)16-19(3)38-23/h9-12,17-19,27,32H,5-8,13-16H2,1-4H3/t19-,27-/m0/s1. The fraction of sp³-hybridized carbons (Fsp3) is 0.467. The van der Waals surface area contributed by atoms with Crippen molar-refractivity contribution in [1.29, 1.82) is 0 Å². The van der Waals surface area contributed by atoms with Crippen LogP contribution in [-0.4, -0.2) is 61.3 Å². The van der Waals surface area contributed by atoms with Crippen LogP contribution in [0.4, 0.5) is 0 Å². The molecule has 0 saturated carbocycles. The molecule has 2 aliphatic rings. The highest BCUT2D eigenvalue weighted by Gasteiger charge is 2.46. The van der Waals surface area contributed by atoms with Gasteiger partial charge in [0.05, 0.1) is 31.4 Å². The number of carbonyl (C=O) groups is 2. The third kappa shape index (κ3) is 5.65. The molecule has 2 atom stereocenters. The second-order valence-electron chi connectivity index (χ2n) is 9.64. The third-order valence-corrected chi connectivity index (χ3v) is 6.83. The number of ether oxygens (including phenoxy) is 4. The third-order valence-electron chi connectivity index (χ3n) is 6.83. The van der Waals surface area contributed by atoms with E-state index in [1.165, 1.54) is 12.0 Å². The van der Waals surface area contributed by atoms with Gasteiger partial charge in [-0.1, -0.05) is 25.8 Å². The lowest BCUT2D eigenvalue weighted by atomic mass is 9.94. The van der Waals surface area contributed by atoms with Gasteiger partial charge < -0.3 is 29.0 Å². The van der Waals surface area contributed by atoms with Gasteiger partial charge in [-0.05, 0) is 61.7 Å². The Morgan fingerprint density at radius 2 is 1.87 bits per heavy atom. The Balaban J connectivity index is 1.76. The Hall–Kier alpha value is -3.52. The number of Topliss-reactive ketones (excluding diaryl/α,β-unsaturated/α-hetero) is 1. The molecule has 0 radical (unpaired) electrons. The smallest absolute Gasteiger partial charge is 0.295 e. The van der Waals surface area contributed by atoms with Gasteiger partial charge in [0, 0.05) is 25.6 Å². The summed E-state index contributed by atoms with van der Waals surface area (Å²) in [6.45, 7) is 7.43. The number of amides is 1. The summed E-state index contributed by atoms with van der Waals surface area (Å²) >= 11 is 0. The number of rotatable bonds is 12. The highest BCUT2D eigenvalue weighted by atomic mass is 16.5. The molecule has 0 aromatic heterocycles. The summed E-state index contributed by atoms with van der Waals surface area (Å²) in [5.41, 5.74) is 2.11. The van der Waals surface area contributed by atoms with Crippen LogP contribution in [0.1, 0.15) is 62.8 Å². The normalized spacial score (nSPS) is 19.9. The van der Waals surface area contributed by atoms with Crippen molar-refractivity contribution in [2.24, 2.45) is 0 Å². The first kappa shape index (κ1) is 27.5. The molecular weight excluding hydrogens is 486 g/mol. The first-order chi connectivity index (χ1) is 18.4. The van der Waals surface area contributed by atoms with Gasteiger partial charge in [-0.25, -0.2) is 0 Å². The molecule has 2 aromatic carbocycles. The van der Waals surface area contributed by atoms with E-state index in [4.69, 9.17) is 18.9 Å². The summed E-state index contributed by atoms with van der Waals surface area (Å²) in [4.78, 5) is 27.9. The quantitative estimate of drug-likeness (QED) is 0.180. The van der Waals surface area contributed by atoms with Crippen molar-refractivity contribution in [2.45, 2.75) is 58.6 Å². The Morgan fingerprint density at radius 1 is 1.05 bits per heavy atom. The maximum Gasteiger partial charge on any atom is 0.295 e. The predicted octanol–water partition coefficient (Wildman–Crippen LogP) is 5.05. The molecule has 0 spiro atoms. The summed E-state index contributed by atoms with van der Waals surface area (Å²) in [7, 11) is 1.54. The molecule has 8 heteroatoms. The predicted molar refractivity (Wildman–Crippen MR) is 144 cm³/mol. The van der Waals surface area contributed by atoms with E-state index in [2.05, 4.69) is 6.92 Å². The van der Waals surface area contributed by atoms with Gasteiger partial charge in [0.2, 0.25) is 0 Å².